The highest BCUT2D eigenvalue weighted by molar-refractivity contribution is 6.35. The molecule has 0 aliphatic rings. The molecule has 0 saturated carbocycles. The predicted molar refractivity (Wildman–Crippen MR) is 181 cm³/mol. The average molecular weight is 533 g/mol. The Balaban J connectivity index is 1.91. The maximum atomic E-state index is 2.48. The molecule has 0 bridgehead atoms. The minimum atomic E-state index is 1.19. The van der Waals surface area contributed by atoms with Gasteiger partial charge in [-0.2, -0.15) is 0 Å². The van der Waals surface area contributed by atoms with Gasteiger partial charge in [0.05, 0.1) is 0 Å². The van der Waals surface area contributed by atoms with Crippen LogP contribution < -0.4 is 0 Å². The van der Waals surface area contributed by atoms with Gasteiger partial charge in [0.25, 0.3) is 0 Å². The molecule has 0 N–H and O–H groups in total. The van der Waals surface area contributed by atoms with Crippen LogP contribution in [0.2, 0.25) is 0 Å². The second-order valence-electron chi connectivity index (χ2n) is 12.4. The third-order valence-corrected chi connectivity index (χ3v) is 9.42. The van der Waals surface area contributed by atoms with Crippen molar-refractivity contribution in [2.24, 2.45) is 0 Å². The van der Waals surface area contributed by atoms with Crippen molar-refractivity contribution >= 4 is 43.1 Å². The SMILES string of the molecule is CCCCCc1ccc2ccc(CCCCC)c3c4c(CCCCC)ccc5ccc(CCCCC)c(c1c23)c54. The van der Waals surface area contributed by atoms with Gasteiger partial charge in [0, 0.05) is 0 Å². The summed E-state index contributed by atoms with van der Waals surface area (Å²) in [7, 11) is 0. The molecular formula is C40H52. The van der Waals surface area contributed by atoms with E-state index in [4.69, 9.17) is 0 Å². The van der Waals surface area contributed by atoms with Crippen LogP contribution in [0.3, 0.4) is 0 Å². The van der Waals surface area contributed by atoms with Gasteiger partial charge in [-0.1, -0.05) is 128 Å². The van der Waals surface area contributed by atoms with Gasteiger partial charge in [-0.3, -0.25) is 0 Å². The number of fused-ring (bicyclic) bond motifs is 2. The van der Waals surface area contributed by atoms with Gasteiger partial charge in [-0.05, 0) is 117 Å². The molecule has 212 valence electrons. The highest BCUT2D eigenvalue weighted by Gasteiger charge is 2.21. The van der Waals surface area contributed by atoms with E-state index in [1.807, 2.05) is 0 Å². The van der Waals surface area contributed by atoms with Crippen LogP contribution in [-0.2, 0) is 25.7 Å². The predicted octanol–water partition coefficient (Wildman–Crippen LogP) is 12.7. The van der Waals surface area contributed by atoms with Crippen molar-refractivity contribution in [3.05, 3.63) is 70.8 Å². The molecule has 0 atom stereocenters. The summed E-state index contributed by atoms with van der Waals surface area (Å²) in [5, 5.41) is 12.4. The van der Waals surface area contributed by atoms with Crippen LogP contribution in [0.1, 0.15) is 127 Å². The lowest BCUT2D eigenvalue weighted by molar-refractivity contribution is 0.717. The first-order valence-electron chi connectivity index (χ1n) is 16.9. The van der Waals surface area contributed by atoms with Gasteiger partial charge >= 0.3 is 0 Å². The van der Waals surface area contributed by atoms with Crippen LogP contribution in [0.4, 0.5) is 0 Å². The van der Waals surface area contributed by atoms with Crippen molar-refractivity contribution < 1.29 is 0 Å². The second kappa shape index (κ2) is 13.8. The maximum Gasteiger partial charge on any atom is -0.00206 e. The molecule has 0 saturated heterocycles. The number of hydrogen-bond donors (Lipinski definition) is 0. The Morgan fingerprint density at radius 1 is 0.300 bits per heavy atom. The van der Waals surface area contributed by atoms with Crippen LogP contribution in [0.25, 0.3) is 43.1 Å². The van der Waals surface area contributed by atoms with Gasteiger partial charge in [0.15, 0.2) is 0 Å². The normalized spacial score (nSPS) is 12.1. The molecule has 5 aromatic rings. The zero-order valence-electron chi connectivity index (χ0n) is 25.9. The first-order chi connectivity index (χ1) is 19.7. The van der Waals surface area contributed by atoms with Crippen molar-refractivity contribution in [1.82, 2.24) is 0 Å². The van der Waals surface area contributed by atoms with E-state index in [-0.39, 0.29) is 0 Å². The Morgan fingerprint density at radius 3 is 0.775 bits per heavy atom. The summed E-state index contributed by atoms with van der Waals surface area (Å²) in [5.74, 6) is 0. The third-order valence-electron chi connectivity index (χ3n) is 9.42. The number of hydrogen-bond acceptors (Lipinski definition) is 0. The van der Waals surface area contributed by atoms with E-state index in [2.05, 4.69) is 76.2 Å². The molecule has 0 fully saturated rings. The molecule has 0 spiro atoms. The smallest absolute Gasteiger partial charge is 0.00206 e. The van der Waals surface area contributed by atoms with Gasteiger partial charge in [0.1, 0.15) is 0 Å². The highest BCUT2D eigenvalue weighted by atomic mass is 14.2. The Hall–Kier alpha value is -2.60. The van der Waals surface area contributed by atoms with Crippen LogP contribution in [0, 0.1) is 0 Å². The lowest BCUT2D eigenvalue weighted by Crippen LogP contribution is -2.01. The standard InChI is InChI=1S/C40H52/c1-5-9-13-17-29-21-25-33-26-23-31(19-15-11-7-3)37-38-32(20-16-12-8-4)24-28-34-27-22-30(18-14-10-6-2)36(40(34)38)35(29)39(33)37/h21-28H,5-20H2,1-4H3. The number of benzene rings is 5. The van der Waals surface area contributed by atoms with Crippen LogP contribution in [-0.4, -0.2) is 0 Å². The van der Waals surface area contributed by atoms with E-state index in [0.29, 0.717) is 0 Å². The van der Waals surface area contributed by atoms with Crippen molar-refractivity contribution in [2.45, 2.75) is 130 Å². The van der Waals surface area contributed by atoms with Gasteiger partial charge in [-0.15, -0.1) is 0 Å². The van der Waals surface area contributed by atoms with Crippen LogP contribution in [0.5, 0.6) is 0 Å². The van der Waals surface area contributed by atoms with Crippen LogP contribution >= 0.6 is 0 Å². The van der Waals surface area contributed by atoms with E-state index in [1.165, 1.54) is 114 Å². The molecule has 0 aliphatic carbocycles. The number of unbranched alkanes of at least 4 members (excludes halogenated alkanes) is 8. The zero-order valence-corrected chi connectivity index (χ0v) is 25.9. The summed E-state index contributed by atoms with van der Waals surface area (Å²) in [6.07, 6.45) is 20.2. The number of aryl methyl sites for hydroxylation is 4. The Morgan fingerprint density at radius 2 is 0.550 bits per heavy atom. The topological polar surface area (TPSA) is 0 Å². The first-order valence-corrected chi connectivity index (χ1v) is 16.9. The Labute approximate surface area is 243 Å². The summed E-state index contributed by atoms with van der Waals surface area (Å²) in [5.41, 5.74) is 6.33. The van der Waals surface area contributed by atoms with Crippen molar-refractivity contribution in [3.63, 3.8) is 0 Å². The lowest BCUT2D eigenvalue weighted by atomic mass is 9.80. The summed E-state index contributed by atoms with van der Waals surface area (Å²) in [6, 6.07) is 19.7. The molecule has 5 rings (SSSR count). The largest absolute Gasteiger partial charge is 0.0654 e. The Kier molecular flexibility index (Phi) is 10.0. The van der Waals surface area contributed by atoms with E-state index in [1.54, 1.807) is 54.6 Å². The maximum absolute atomic E-state index is 2.48. The van der Waals surface area contributed by atoms with Gasteiger partial charge < -0.3 is 0 Å². The average Bonchev–Trinajstić information content (AvgIpc) is 2.98. The monoisotopic (exact) mass is 532 g/mol. The molecule has 0 nitrogen and oxygen atoms in total. The lowest BCUT2D eigenvalue weighted by Gasteiger charge is -2.23. The summed E-state index contributed by atoms with van der Waals surface area (Å²) >= 11 is 0. The molecular weight excluding hydrogens is 480 g/mol. The van der Waals surface area contributed by atoms with Gasteiger partial charge in [-0.25, -0.2) is 0 Å². The summed E-state index contributed by atoms with van der Waals surface area (Å²) in [4.78, 5) is 0. The van der Waals surface area contributed by atoms with Gasteiger partial charge in [0.2, 0.25) is 0 Å². The summed E-state index contributed by atoms with van der Waals surface area (Å²) in [6.45, 7) is 9.31. The van der Waals surface area contributed by atoms with Crippen LogP contribution in [0.15, 0.2) is 48.5 Å². The molecule has 0 heteroatoms. The molecule has 5 aromatic carbocycles. The number of rotatable bonds is 16. The molecule has 0 unspecified atom stereocenters. The van der Waals surface area contributed by atoms with Crippen molar-refractivity contribution in [2.75, 3.05) is 0 Å². The first kappa shape index (κ1) is 28.9. The third kappa shape index (κ3) is 5.74. The highest BCUT2D eigenvalue weighted by Crippen LogP contribution is 2.46. The fraction of sp³-hybridized carbons (Fsp3) is 0.500. The second-order valence-corrected chi connectivity index (χ2v) is 12.4. The molecule has 40 heavy (non-hydrogen) atoms. The minimum absolute atomic E-state index is 1.19. The molecule has 0 radical (unpaired) electrons. The molecule has 0 aliphatic heterocycles. The van der Waals surface area contributed by atoms with E-state index in [0.717, 1.165) is 0 Å². The van der Waals surface area contributed by atoms with E-state index in [9.17, 15) is 0 Å². The van der Waals surface area contributed by atoms with E-state index >= 15 is 0 Å². The minimum Gasteiger partial charge on any atom is -0.0654 e. The fourth-order valence-electron chi connectivity index (χ4n) is 7.25. The van der Waals surface area contributed by atoms with Crippen molar-refractivity contribution in [3.8, 4) is 0 Å². The fourth-order valence-corrected chi connectivity index (χ4v) is 7.25. The summed E-state index contributed by atoms with van der Waals surface area (Å²) < 4.78 is 0. The molecule has 0 amide bonds. The zero-order chi connectivity index (χ0) is 27.9. The van der Waals surface area contributed by atoms with Crippen molar-refractivity contribution in [1.29, 1.82) is 0 Å². The molecule has 0 heterocycles. The Bertz CT molecular complexity index is 1310. The van der Waals surface area contributed by atoms with E-state index < -0.39 is 0 Å². The molecule has 0 aromatic heterocycles. The quantitative estimate of drug-likeness (QED) is 0.0673.